The number of fused-ring (bicyclic) bond motifs is 1. The second-order valence-electron chi connectivity index (χ2n) is 4.87. The maximum absolute atomic E-state index is 11.7. The largest absolute Gasteiger partial charge is 0.343 e. The Morgan fingerprint density at radius 2 is 1.89 bits per heavy atom. The molecule has 18 heavy (non-hydrogen) atoms. The van der Waals surface area contributed by atoms with Gasteiger partial charge in [-0.1, -0.05) is 32.0 Å². The fourth-order valence-corrected chi connectivity index (χ4v) is 3.79. The molecule has 2 aromatic rings. The van der Waals surface area contributed by atoms with Crippen LogP contribution in [0, 0.1) is 12.8 Å². The molecule has 3 nitrogen and oxygen atoms in total. The Morgan fingerprint density at radius 1 is 1.28 bits per heavy atom. The summed E-state index contributed by atoms with van der Waals surface area (Å²) in [4.78, 5) is 0.236. The van der Waals surface area contributed by atoms with Gasteiger partial charge in [0.1, 0.15) is 4.90 Å². The van der Waals surface area contributed by atoms with Gasteiger partial charge in [0.25, 0.3) is 9.05 Å². The van der Waals surface area contributed by atoms with Crippen LogP contribution in [0.3, 0.4) is 0 Å². The molecular weight excluding hydrogens is 270 g/mol. The first kappa shape index (κ1) is 13.4. The quantitative estimate of drug-likeness (QED) is 0.809. The monoisotopic (exact) mass is 285 g/mol. The van der Waals surface area contributed by atoms with E-state index in [0.717, 1.165) is 12.1 Å². The van der Waals surface area contributed by atoms with E-state index in [0.29, 0.717) is 17.0 Å². The van der Waals surface area contributed by atoms with Gasteiger partial charge in [-0.3, -0.25) is 0 Å². The summed E-state index contributed by atoms with van der Waals surface area (Å²) in [6, 6.07) is 7.46. The molecule has 0 bridgehead atoms. The van der Waals surface area contributed by atoms with Crippen molar-refractivity contribution in [3.05, 3.63) is 30.0 Å². The molecule has 0 amide bonds. The first-order chi connectivity index (χ1) is 8.32. The summed E-state index contributed by atoms with van der Waals surface area (Å²) in [5.74, 6) is 0.436. The predicted octanol–water partition coefficient (Wildman–Crippen LogP) is 3.53. The van der Waals surface area contributed by atoms with E-state index in [-0.39, 0.29) is 4.90 Å². The Kier molecular flexibility index (Phi) is 3.43. The topological polar surface area (TPSA) is 39.1 Å². The van der Waals surface area contributed by atoms with Crippen LogP contribution >= 0.6 is 10.7 Å². The fraction of sp³-hybridized carbons (Fsp3) is 0.385. The zero-order valence-electron chi connectivity index (χ0n) is 10.6. The van der Waals surface area contributed by atoms with E-state index in [1.54, 1.807) is 13.0 Å². The van der Waals surface area contributed by atoms with Gasteiger partial charge in [-0.25, -0.2) is 8.42 Å². The highest BCUT2D eigenvalue weighted by atomic mass is 35.7. The SMILES string of the molecule is Cc1c(S(=O)(=O)Cl)c2ccccc2n1CC(C)C. The molecule has 0 N–H and O–H groups in total. The van der Waals surface area contributed by atoms with Crippen LogP contribution in [-0.4, -0.2) is 13.0 Å². The van der Waals surface area contributed by atoms with E-state index in [1.807, 2.05) is 22.8 Å². The third-order valence-electron chi connectivity index (χ3n) is 2.96. The molecular formula is C13H16ClNO2S. The smallest absolute Gasteiger partial charge is 0.263 e. The van der Waals surface area contributed by atoms with E-state index >= 15 is 0 Å². The van der Waals surface area contributed by atoms with Crippen molar-refractivity contribution in [3.63, 3.8) is 0 Å². The molecule has 0 aliphatic rings. The Morgan fingerprint density at radius 3 is 2.44 bits per heavy atom. The van der Waals surface area contributed by atoms with Gasteiger partial charge in [0, 0.05) is 33.8 Å². The second-order valence-corrected chi connectivity index (χ2v) is 7.38. The normalized spacial score (nSPS) is 12.5. The first-order valence-electron chi connectivity index (χ1n) is 5.85. The van der Waals surface area contributed by atoms with Gasteiger partial charge in [0.2, 0.25) is 0 Å². The minimum Gasteiger partial charge on any atom is -0.343 e. The minimum atomic E-state index is -3.72. The summed E-state index contributed by atoms with van der Waals surface area (Å²) in [6.07, 6.45) is 0. The van der Waals surface area contributed by atoms with Crippen molar-refractivity contribution in [2.45, 2.75) is 32.2 Å². The lowest BCUT2D eigenvalue weighted by Crippen LogP contribution is -2.06. The molecule has 0 unspecified atom stereocenters. The average molecular weight is 286 g/mol. The summed E-state index contributed by atoms with van der Waals surface area (Å²) >= 11 is 0. The van der Waals surface area contributed by atoms with Crippen LogP contribution in [0.15, 0.2) is 29.2 Å². The third-order valence-corrected chi connectivity index (χ3v) is 4.43. The maximum Gasteiger partial charge on any atom is 0.263 e. The molecule has 0 aliphatic heterocycles. The van der Waals surface area contributed by atoms with Crippen LogP contribution in [0.2, 0.25) is 0 Å². The number of benzene rings is 1. The van der Waals surface area contributed by atoms with Gasteiger partial charge >= 0.3 is 0 Å². The van der Waals surface area contributed by atoms with Crippen LogP contribution in [0.4, 0.5) is 0 Å². The fourth-order valence-electron chi connectivity index (χ4n) is 2.31. The van der Waals surface area contributed by atoms with Crippen LogP contribution < -0.4 is 0 Å². The molecule has 0 radical (unpaired) electrons. The van der Waals surface area contributed by atoms with Gasteiger partial charge in [-0.15, -0.1) is 0 Å². The molecule has 0 fully saturated rings. The highest BCUT2D eigenvalue weighted by molar-refractivity contribution is 8.14. The summed E-state index contributed by atoms with van der Waals surface area (Å²) in [7, 11) is 1.83. The van der Waals surface area contributed by atoms with Crippen molar-refractivity contribution in [2.75, 3.05) is 0 Å². The molecule has 1 heterocycles. The molecule has 98 valence electrons. The van der Waals surface area contributed by atoms with Crippen LogP contribution in [0.5, 0.6) is 0 Å². The van der Waals surface area contributed by atoms with Gasteiger partial charge in [-0.05, 0) is 18.9 Å². The van der Waals surface area contributed by atoms with Crippen molar-refractivity contribution in [1.29, 1.82) is 0 Å². The Bertz CT molecular complexity index is 686. The van der Waals surface area contributed by atoms with Gasteiger partial charge in [0.15, 0.2) is 0 Å². The van der Waals surface area contributed by atoms with E-state index in [2.05, 4.69) is 13.8 Å². The minimum absolute atomic E-state index is 0.236. The summed E-state index contributed by atoms with van der Waals surface area (Å²) < 4.78 is 25.5. The number of aromatic nitrogens is 1. The Hall–Kier alpha value is -1.00. The molecule has 1 aromatic carbocycles. The van der Waals surface area contributed by atoms with E-state index in [9.17, 15) is 8.42 Å². The number of halogens is 1. The van der Waals surface area contributed by atoms with Crippen LogP contribution in [0.1, 0.15) is 19.5 Å². The van der Waals surface area contributed by atoms with Crippen molar-refractivity contribution in [3.8, 4) is 0 Å². The molecule has 0 spiro atoms. The van der Waals surface area contributed by atoms with Gasteiger partial charge in [-0.2, -0.15) is 0 Å². The zero-order chi connectivity index (χ0) is 13.5. The molecule has 0 saturated heterocycles. The van der Waals surface area contributed by atoms with E-state index in [1.165, 1.54) is 0 Å². The number of nitrogens with zero attached hydrogens (tertiary/aromatic N) is 1. The summed E-state index contributed by atoms with van der Waals surface area (Å²) in [5, 5.41) is 0.700. The summed E-state index contributed by atoms with van der Waals surface area (Å²) in [6.45, 7) is 6.78. The maximum atomic E-state index is 11.7. The van der Waals surface area contributed by atoms with Gasteiger partial charge < -0.3 is 4.57 Å². The standard InChI is InChI=1S/C13H16ClNO2S/c1-9(2)8-15-10(3)13(18(14,16)17)11-6-4-5-7-12(11)15/h4-7,9H,8H2,1-3H3. The molecule has 0 aliphatic carbocycles. The Labute approximate surface area is 112 Å². The molecule has 0 saturated carbocycles. The number of rotatable bonds is 3. The third kappa shape index (κ3) is 2.27. The van der Waals surface area contributed by atoms with E-state index in [4.69, 9.17) is 10.7 Å². The van der Waals surface area contributed by atoms with Crippen LogP contribution in [-0.2, 0) is 15.6 Å². The Balaban J connectivity index is 2.84. The lowest BCUT2D eigenvalue weighted by atomic mass is 10.2. The van der Waals surface area contributed by atoms with E-state index < -0.39 is 9.05 Å². The van der Waals surface area contributed by atoms with Crippen molar-refractivity contribution < 1.29 is 8.42 Å². The van der Waals surface area contributed by atoms with Gasteiger partial charge in [0.05, 0.1) is 0 Å². The molecule has 1 aromatic heterocycles. The zero-order valence-corrected chi connectivity index (χ0v) is 12.2. The first-order valence-corrected chi connectivity index (χ1v) is 8.15. The predicted molar refractivity (Wildman–Crippen MR) is 74.6 cm³/mol. The van der Waals surface area contributed by atoms with Crippen LogP contribution in [0.25, 0.3) is 10.9 Å². The number of hydrogen-bond donors (Lipinski definition) is 0. The summed E-state index contributed by atoms with van der Waals surface area (Å²) in [5.41, 5.74) is 1.63. The average Bonchev–Trinajstić information content (AvgIpc) is 2.51. The van der Waals surface area contributed by atoms with Crippen molar-refractivity contribution in [2.24, 2.45) is 5.92 Å². The highest BCUT2D eigenvalue weighted by Gasteiger charge is 2.23. The number of para-hydroxylation sites is 1. The van der Waals surface area contributed by atoms with Crippen molar-refractivity contribution in [1.82, 2.24) is 4.57 Å². The second kappa shape index (κ2) is 4.59. The molecule has 0 atom stereocenters. The lowest BCUT2D eigenvalue weighted by Gasteiger charge is -2.10. The molecule has 5 heteroatoms. The van der Waals surface area contributed by atoms with Crippen molar-refractivity contribution >= 4 is 30.6 Å². The molecule has 2 rings (SSSR count). The lowest BCUT2D eigenvalue weighted by molar-refractivity contribution is 0.524. The number of hydrogen-bond acceptors (Lipinski definition) is 2. The highest BCUT2D eigenvalue weighted by Crippen LogP contribution is 2.32.